The van der Waals surface area contributed by atoms with Crippen molar-refractivity contribution >= 4 is 11.8 Å². The zero-order valence-electron chi connectivity index (χ0n) is 7.49. The Morgan fingerprint density at radius 3 is 3.14 bits per heavy atom. The molecule has 0 aromatic carbocycles. The largest absolute Gasteiger partial charge is 0.480 e. The molecule has 74 valence electrons. The number of carboxylic acid groups (broad SMARTS) is 1. The zero-order valence-corrected chi connectivity index (χ0v) is 7.49. The number of aliphatic carboxylic acids is 1. The highest BCUT2D eigenvalue weighted by atomic mass is 16.5. The Morgan fingerprint density at radius 1 is 1.57 bits per heavy atom. The molecule has 1 aromatic heterocycles. The Labute approximate surface area is 80.7 Å². The average Bonchev–Trinajstić information content (AvgIpc) is 2.61. The summed E-state index contributed by atoms with van der Waals surface area (Å²) in [6.45, 7) is 1.06. The number of aromatic nitrogens is 1. The van der Waals surface area contributed by atoms with Crippen molar-refractivity contribution in [2.24, 2.45) is 0 Å². The molecule has 2 heterocycles. The van der Waals surface area contributed by atoms with Gasteiger partial charge in [0.2, 0.25) is 0 Å². The molecular weight excluding hydrogens is 184 g/mol. The lowest BCUT2D eigenvalue weighted by Crippen LogP contribution is -2.13. The van der Waals surface area contributed by atoms with E-state index in [1.807, 2.05) is 6.07 Å². The minimum atomic E-state index is -0.899. The van der Waals surface area contributed by atoms with Crippen molar-refractivity contribution < 1.29 is 14.6 Å². The van der Waals surface area contributed by atoms with Gasteiger partial charge >= 0.3 is 5.97 Å². The third-order valence-corrected chi connectivity index (χ3v) is 2.02. The second kappa shape index (κ2) is 3.63. The summed E-state index contributed by atoms with van der Waals surface area (Å²) in [7, 11) is 0. The van der Waals surface area contributed by atoms with Gasteiger partial charge in [0.15, 0.2) is 0 Å². The Morgan fingerprint density at radius 2 is 2.36 bits per heavy atom. The summed E-state index contributed by atoms with van der Waals surface area (Å²) in [4.78, 5) is 14.4. The Hall–Kier alpha value is -1.62. The van der Waals surface area contributed by atoms with E-state index in [9.17, 15) is 4.79 Å². The van der Waals surface area contributed by atoms with E-state index in [0.717, 1.165) is 11.1 Å². The molecule has 0 radical (unpaired) electrons. The summed E-state index contributed by atoms with van der Waals surface area (Å²) in [5, 5.41) is 11.2. The third-order valence-electron chi connectivity index (χ3n) is 2.02. The fourth-order valence-corrected chi connectivity index (χ4v) is 1.32. The van der Waals surface area contributed by atoms with Crippen LogP contribution in [-0.4, -0.2) is 22.6 Å². The summed E-state index contributed by atoms with van der Waals surface area (Å²) >= 11 is 0. The number of nitrogens with one attached hydrogen (secondary N) is 1. The SMILES string of the molecule is O=C(O)CNc1cc2c(cn1)COC2. The van der Waals surface area contributed by atoms with Gasteiger partial charge in [0.1, 0.15) is 12.4 Å². The Balaban J connectivity index is 2.09. The molecule has 0 amide bonds. The number of fused-ring (bicyclic) bond motifs is 1. The van der Waals surface area contributed by atoms with E-state index in [-0.39, 0.29) is 6.54 Å². The van der Waals surface area contributed by atoms with E-state index < -0.39 is 5.97 Å². The topological polar surface area (TPSA) is 71.5 Å². The van der Waals surface area contributed by atoms with Gasteiger partial charge in [-0.2, -0.15) is 0 Å². The van der Waals surface area contributed by atoms with E-state index in [2.05, 4.69) is 10.3 Å². The quantitative estimate of drug-likeness (QED) is 0.737. The molecule has 0 saturated heterocycles. The van der Waals surface area contributed by atoms with Crippen molar-refractivity contribution in [3.8, 4) is 0 Å². The molecule has 5 heteroatoms. The number of pyridine rings is 1. The molecule has 0 fully saturated rings. The van der Waals surface area contributed by atoms with Gasteiger partial charge in [-0.3, -0.25) is 4.79 Å². The number of nitrogens with zero attached hydrogens (tertiary/aromatic N) is 1. The number of hydrogen-bond donors (Lipinski definition) is 2. The summed E-state index contributed by atoms with van der Waals surface area (Å²) in [6.07, 6.45) is 1.71. The van der Waals surface area contributed by atoms with Gasteiger partial charge in [-0.25, -0.2) is 4.98 Å². The minimum absolute atomic E-state index is 0.118. The lowest BCUT2D eigenvalue weighted by atomic mass is 10.2. The van der Waals surface area contributed by atoms with Crippen molar-refractivity contribution in [1.29, 1.82) is 0 Å². The summed E-state index contributed by atoms with van der Waals surface area (Å²) in [5.41, 5.74) is 2.15. The number of hydrogen-bond acceptors (Lipinski definition) is 4. The zero-order chi connectivity index (χ0) is 9.97. The maximum Gasteiger partial charge on any atom is 0.322 e. The van der Waals surface area contributed by atoms with Crippen molar-refractivity contribution in [2.45, 2.75) is 13.2 Å². The highest BCUT2D eigenvalue weighted by Crippen LogP contribution is 2.20. The molecule has 14 heavy (non-hydrogen) atoms. The van der Waals surface area contributed by atoms with Crippen LogP contribution in [0.2, 0.25) is 0 Å². The number of carbonyl (C=O) groups is 1. The molecule has 0 atom stereocenters. The Kier molecular flexibility index (Phi) is 2.32. The van der Waals surface area contributed by atoms with Crippen molar-refractivity contribution in [1.82, 2.24) is 4.98 Å². The lowest BCUT2D eigenvalue weighted by molar-refractivity contribution is -0.134. The van der Waals surface area contributed by atoms with Crippen LogP contribution in [0.1, 0.15) is 11.1 Å². The normalized spacial score (nSPS) is 13.7. The number of carboxylic acids is 1. The smallest absolute Gasteiger partial charge is 0.322 e. The number of rotatable bonds is 3. The second-order valence-corrected chi connectivity index (χ2v) is 3.08. The summed E-state index contributed by atoms with van der Waals surface area (Å²) in [6, 6.07) is 1.82. The average molecular weight is 194 g/mol. The molecule has 1 aliphatic rings. The van der Waals surface area contributed by atoms with E-state index in [0.29, 0.717) is 19.0 Å². The van der Waals surface area contributed by atoms with Gasteiger partial charge in [-0.15, -0.1) is 0 Å². The minimum Gasteiger partial charge on any atom is -0.480 e. The van der Waals surface area contributed by atoms with Crippen LogP contribution in [0, 0.1) is 0 Å². The van der Waals surface area contributed by atoms with Gasteiger partial charge in [-0.05, 0) is 11.6 Å². The van der Waals surface area contributed by atoms with E-state index >= 15 is 0 Å². The molecule has 5 nitrogen and oxygen atoms in total. The highest BCUT2D eigenvalue weighted by molar-refractivity contribution is 5.72. The van der Waals surface area contributed by atoms with E-state index in [1.54, 1.807) is 6.20 Å². The second-order valence-electron chi connectivity index (χ2n) is 3.08. The maximum absolute atomic E-state index is 10.3. The first-order valence-corrected chi connectivity index (χ1v) is 4.27. The molecule has 0 saturated carbocycles. The van der Waals surface area contributed by atoms with Gasteiger partial charge in [0.25, 0.3) is 0 Å². The number of anilines is 1. The Bertz CT molecular complexity index is 365. The first-order chi connectivity index (χ1) is 6.75. The van der Waals surface area contributed by atoms with Gasteiger partial charge in [-0.1, -0.05) is 0 Å². The molecule has 1 aromatic rings. The van der Waals surface area contributed by atoms with Crippen LogP contribution >= 0.6 is 0 Å². The van der Waals surface area contributed by atoms with Crippen LogP contribution < -0.4 is 5.32 Å². The predicted octanol–water partition coefficient (Wildman–Crippen LogP) is 0.608. The van der Waals surface area contributed by atoms with Crippen LogP contribution in [0.3, 0.4) is 0 Å². The monoisotopic (exact) mass is 194 g/mol. The van der Waals surface area contributed by atoms with Crippen molar-refractivity contribution in [3.05, 3.63) is 23.4 Å². The van der Waals surface area contributed by atoms with Gasteiger partial charge < -0.3 is 15.2 Å². The molecule has 0 aliphatic carbocycles. The maximum atomic E-state index is 10.3. The lowest BCUT2D eigenvalue weighted by Gasteiger charge is -2.03. The molecule has 2 N–H and O–H groups in total. The van der Waals surface area contributed by atoms with Crippen molar-refractivity contribution in [3.63, 3.8) is 0 Å². The number of ether oxygens (including phenoxy) is 1. The van der Waals surface area contributed by atoms with Crippen LogP contribution in [0.25, 0.3) is 0 Å². The van der Waals surface area contributed by atoms with Crippen LogP contribution in [-0.2, 0) is 22.7 Å². The summed E-state index contributed by atoms with van der Waals surface area (Å²) in [5.74, 6) is -0.319. The summed E-state index contributed by atoms with van der Waals surface area (Å²) < 4.78 is 5.21. The van der Waals surface area contributed by atoms with E-state index in [4.69, 9.17) is 9.84 Å². The van der Waals surface area contributed by atoms with Gasteiger partial charge in [0, 0.05) is 11.8 Å². The fraction of sp³-hybridized carbons (Fsp3) is 0.333. The third kappa shape index (κ3) is 1.82. The predicted molar refractivity (Wildman–Crippen MR) is 48.9 cm³/mol. The molecular formula is C9H10N2O3. The molecule has 0 spiro atoms. The highest BCUT2D eigenvalue weighted by Gasteiger charge is 2.12. The van der Waals surface area contributed by atoms with Crippen LogP contribution in [0.15, 0.2) is 12.3 Å². The molecule has 1 aliphatic heterocycles. The molecule has 0 unspecified atom stereocenters. The van der Waals surface area contributed by atoms with Crippen LogP contribution in [0.5, 0.6) is 0 Å². The van der Waals surface area contributed by atoms with E-state index in [1.165, 1.54) is 0 Å². The molecule has 2 rings (SSSR count). The fourth-order valence-electron chi connectivity index (χ4n) is 1.32. The van der Waals surface area contributed by atoms with Crippen molar-refractivity contribution in [2.75, 3.05) is 11.9 Å². The first kappa shape index (κ1) is 8.96. The first-order valence-electron chi connectivity index (χ1n) is 4.27. The van der Waals surface area contributed by atoms with Crippen LogP contribution in [0.4, 0.5) is 5.82 Å². The molecule has 0 bridgehead atoms. The van der Waals surface area contributed by atoms with Gasteiger partial charge in [0.05, 0.1) is 13.2 Å². The standard InChI is InChI=1S/C9H10N2O3/c12-9(13)3-11-8-1-6-4-14-5-7(6)2-10-8/h1-2H,3-5H2,(H,10,11)(H,12,13).